The standard InChI is InChI=1S/C19H16N4O3S/c24-14(22-19-21-13(9-27-19)12-3-1-2-6-20-12)8-23-17(25)15-10-4-5-11(7-10)16(15)18(23)26/h1-6,9-11,15-16H,7-8H2,(H,21,22,24)/t10-,11-,15-,16-/m0/s1. The molecule has 1 N–H and O–H groups in total. The van der Waals surface area contributed by atoms with Crippen LogP contribution in [-0.4, -0.2) is 39.1 Å². The molecule has 0 radical (unpaired) electrons. The van der Waals surface area contributed by atoms with Gasteiger partial charge >= 0.3 is 0 Å². The first kappa shape index (κ1) is 16.3. The molecule has 0 spiro atoms. The first-order valence-electron chi connectivity index (χ1n) is 8.82. The van der Waals surface area contributed by atoms with Crippen LogP contribution in [0.2, 0.25) is 0 Å². The lowest BCUT2D eigenvalue weighted by Crippen LogP contribution is -2.39. The highest BCUT2D eigenvalue weighted by Crippen LogP contribution is 2.52. The van der Waals surface area contributed by atoms with Gasteiger partial charge < -0.3 is 5.32 Å². The van der Waals surface area contributed by atoms with E-state index in [0.717, 1.165) is 17.0 Å². The molecule has 4 atom stereocenters. The summed E-state index contributed by atoms with van der Waals surface area (Å²) in [5.74, 6) is -1.13. The highest BCUT2D eigenvalue weighted by atomic mass is 32.1. The number of likely N-dealkylation sites (tertiary alicyclic amines) is 1. The second kappa shape index (κ2) is 6.09. The Hall–Kier alpha value is -2.87. The summed E-state index contributed by atoms with van der Waals surface area (Å²) in [7, 11) is 0. The molecule has 2 aliphatic carbocycles. The van der Waals surface area contributed by atoms with Crippen LogP contribution in [0.25, 0.3) is 11.4 Å². The van der Waals surface area contributed by atoms with Crippen molar-refractivity contribution in [2.45, 2.75) is 6.42 Å². The zero-order valence-corrected chi connectivity index (χ0v) is 15.1. The minimum absolute atomic E-state index is 0.143. The molecule has 5 rings (SSSR count). The van der Waals surface area contributed by atoms with E-state index >= 15 is 0 Å². The van der Waals surface area contributed by atoms with Gasteiger partial charge in [-0.1, -0.05) is 18.2 Å². The number of nitrogens with zero attached hydrogens (tertiary/aromatic N) is 3. The summed E-state index contributed by atoms with van der Waals surface area (Å²) in [5.41, 5.74) is 1.39. The number of fused-ring (bicyclic) bond motifs is 5. The van der Waals surface area contributed by atoms with Crippen LogP contribution in [0.4, 0.5) is 5.13 Å². The van der Waals surface area contributed by atoms with Gasteiger partial charge in [0.25, 0.3) is 0 Å². The van der Waals surface area contributed by atoms with Gasteiger partial charge in [0.1, 0.15) is 12.2 Å². The van der Waals surface area contributed by atoms with Crippen LogP contribution < -0.4 is 5.32 Å². The molecule has 2 fully saturated rings. The van der Waals surface area contributed by atoms with E-state index in [1.165, 1.54) is 11.3 Å². The smallest absolute Gasteiger partial charge is 0.246 e. The average molecular weight is 380 g/mol. The number of thiazole rings is 1. The number of aromatic nitrogens is 2. The summed E-state index contributed by atoms with van der Waals surface area (Å²) < 4.78 is 0. The Morgan fingerprint density at radius 2 is 1.89 bits per heavy atom. The van der Waals surface area contributed by atoms with E-state index in [0.29, 0.717) is 10.8 Å². The molecule has 136 valence electrons. The summed E-state index contributed by atoms with van der Waals surface area (Å²) in [6.45, 7) is -0.261. The minimum Gasteiger partial charge on any atom is -0.300 e. The van der Waals surface area contributed by atoms with Crippen molar-refractivity contribution in [2.75, 3.05) is 11.9 Å². The van der Waals surface area contributed by atoms with E-state index in [4.69, 9.17) is 0 Å². The molecule has 3 heterocycles. The van der Waals surface area contributed by atoms with Gasteiger partial charge in [-0.25, -0.2) is 4.98 Å². The molecule has 1 aliphatic heterocycles. The van der Waals surface area contributed by atoms with Crippen LogP contribution in [0, 0.1) is 23.7 Å². The lowest BCUT2D eigenvalue weighted by atomic mass is 9.85. The maximum absolute atomic E-state index is 12.6. The Labute approximate surface area is 159 Å². The Bertz CT molecular complexity index is 940. The van der Waals surface area contributed by atoms with Gasteiger partial charge in [0.15, 0.2) is 5.13 Å². The van der Waals surface area contributed by atoms with Gasteiger partial charge in [-0.15, -0.1) is 11.3 Å². The lowest BCUT2D eigenvalue weighted by molar-refractivity contribution is -0.143. The molecule has 1 saturated carbocycles. The first-order chi connectivity index (χ1) is 13.1. The Kier molecular flexibility index (Phi) is 3.68. The highest BCUT2D eigenvalue weighted by molar-refractivity contribution is 7.14. The second-order valence-corrected chi connectivity index (χ2v) is 7.92. The number of hydrogen-bond acceptors (Lipinski definition) is 6. The number of imide groups is 1. The van der Waals surface area contributed by atoms with Gasteiger partial charge in [0.05, 0.1) is 17.5 Å². The molecule has 8 heteroatoms. The summed E-state index contributed by atoms with van der Waals surface area (Å²) in [5, 5.41) is 4.90. The Morgan fingerprint density at radius 1 is 1.15 bits per heavy atom. The molecule has 2 bridgehead atoms. The van der Waals surface area contributed by atoms with Crippen molar-refractivity contribution in [1.82, 2.24) is 14.9 Å². The average Bonchev–Trinajstić information content (AvgIpc) is 3.44. The SMILES string of the molecule is O=C(CN1C(=O)[C@@H]2[C@@H](C1=O)[C@H]1C=C[C@H]2C1)Nc1nc(-c2ccccn2)cs1. The molecule has 2 aromatic rings. The van der Waals surface area contributed by atoms with Crippen molar-refractivity contribution in [2.24, 2.45) is 23.7 Å². The summed E-state index contributed by atoms with van der Waals surface area (Å²) in [6.07, 6.45) is 6.63. The maximum atomic E-state index is 12.6. The maximum Gasteiger partial charge on any atom is 0.246 e. The molecule has 0 unspecified atom stereocenters. The van der Waals surface area contributed by atoms with E-state index in [1.54, 1.807) is 11.6 Å². The number of carbonyl (C=O) groups is 3. The number of hydrogen-bond donors (Lipinski definition) is 1. The fraction of sp³-hybridized carbons (Fsp3) is 0.316. The van der Waals surface area contributed by atoms with Crippen molar-refractivity contribution < 1.29 is 14.4 Å². The molecular weight excluding hydrogens is 364 g/mol. The van der Waals surface area contributed by atoms with Crippen molar-refractivity contribution in [3.63, 3.8) is 0 Å². The number of rotatable bonds is 4. The number of anilines is 1. The highest BCUT2D eigenvalue weighted by Gasteiger charge is 2.59. The van der Waals surface area contributed by atoms with Crippen LogP contribution in [0.3, 0.4) is 0 Å². The number of carbonyl (C=O) groups excluding carboxylic acids is 3. The van der Waals surface area contributed by atoms with E-state index in [1.807, 2.05) is 30.4 Å². The van der Waals surface area contributed by atoms with E-state index in [2.05, 4.69) is 15.3 Å². The summed E-state index contributed by atoms with van der Waals surface area (Å²) >= 11 is 1.28. The van der Waals surface area contributed by atoms with Crippen LogP contribution in [-0.2, 0) is 14.4 Å². The summed E-state index contributed by atoms with van der Waals surface area (Å²) in [4.78, 5) is 47.3. The molecule has 27 heavy (non-hydrogen) atoms. The number of pyridine rings is 1. The minimum atomic E-state index is -0.418. The van der Waals surface area contributed by atoms with Crippen LogP contribution >= 0.6 is 11.3 Å². The van der Waals surface area contributed by atoms with Crippen molar-refractivity contribution in [3.8, 4) is 11.4 Å². The Balaban J connectivity index is 1.26. The molecule has 3 aliphatic rings. The predicted molar refractivity (Wildman–Crippen MR) is 98.4 cm³/mol. The topological polar surface area (TPSA) is 92.3 Å². The van der Waals surface area contributed by atoms with Gasteiger partial charge in [-0.2, -0.15) is 0 Å². The first-order valence-corrected chi connectivity index (χ1v) is 9.70. The number of amides is 3. The largest absolute Gasteiger partial charge is 0.300 e. The van der Waals surface area contributed by atoms with Crippen LogP contribution in [0.15, 0.2) is 41.9 Å². The molecule has 7 nitrogen and oxygen atoms in total. The number of nitrogens with one attached hydrogen (secondary N) is 1. The van der Waals surface area contributed by atoms with E-state index in [9.17, 15) is 14.4 Å². The fourth-order valence-electron chi connectivity index (χ4n) is 4.39. The second-order valence-electron chi connectivity index (χ2n) is 7.06. The molecule has 3 amide bonds. The van der Waals surface area contributed by atoms with Crippen molar-refractivity contribution in [1.29, 1.82) is 0 Å². The third-order valence-corrected chi connectivity index (χ3v) is 6.30. The van der Waals surface area contributed by atoms with Crippen LogP contribution in [0.5, 0.6) is 0 Å². The molecule has 2 aromatic heterocycles. The van der Waals surface area contributed by atoms with Crippen molar-refractivity contribution in [3.05, 3.63) is 41.9 Å². The van der Waals surface area contributed by atoms with Crippen LogP contribution in [0.1, 0.15) is 6.42 Å². The third-order valence-electron chi connectivity index (χ3n) is 5.54. The number of allylic oxidation sites excluding steroid dienone is 2. The third kappa shape index (κ3) is 2.59. The zero-order valence-electron chi connectivity index (χ0n) is 14.2. The van der Waals surface area contributed by atoms with Gasteiger partial charge in [-0.3, -0.25) is 24.3 Å². The monoisotopic (exact) mass is 380 g/mol. The molecule has 0 aromatic carbocycles. The predicted octanol–water partition coefficient (Wildman–Crippen LogP) is 1.95. The van der Waals surface area contributed by atoms with E-state index < -0.39 is 5.91 Å². The lowest BCUT2D eigenvalue weighted by Gasteiger charge is -2.16. The normalized spacial score (nSPS) is 28.1. The fourth-order valence-corrected chi connectivity index (χ4v) is 5.11. The molecule has 1 saturated heterocycles. The summed E-state index contributed by atoms with van der Waals surface area (Å²) in [6, 6.07) is 5.52. The Morgan fingerprint density at radius 3 is 2.56 bits per heavy atom. The molecular formula is C19H16N4O3S. The zero-order chi connectivity index (χ0) is 18.5. The van der Waals surface area contributed by atoms with E-state index in [-0.39, 0.29) is 42.0 Å². The van der Waals surface area contributed by atoms with Gasteiger partial charge in [0.2, 0.25) is 17.7 Å². The van der Waals surface area contributed by atoms with Gasteiger partial charge in [-0.05, 0) is 30.4 Å². The van der Waals surface area contributed by atoms with Crippen molar-refractivity contribution >= 4 is 34.2 Å². The quantitative estimate of drug-likeness (QED) is 0.647. The van der Waals surface area contributed by atoms with Gasteiger partial charge in [0, 0.05) is 11.6 Å².